The number of benzene rings is 4. The molecule has 47 heavy (non-hydrogen) atoms. The minimum absolute atomic E-state index is 0.763. The molecule has 0 bridgehead atoms. The summed E-state index contributed by atoms with van der Waals surface area (Å²) in [6.45, 7) is 8.65. The topological polar surface area (TPSA) is 44.9 Å². The molecule has 3 heterocycles. The maximum atomic E-state index is 6.57. The van der Waals surface area contributed by atoms with E-state index in [0.29, 0.717) is 0 Å². The number of pyridine rings is 1. The van der Waals surface area contributed by atoms with Crippen molar-refractivity contribution in [2.75, 3.05) is 0 Å². The van der Waals surface area contributed by atoms with Crippen LogP contribution in [0.1, 0.15) is 62.0 Å². The van der Waals surface area contributed by atoms with E-state index in [0.717, 1.165) is 58.3 Å². The molecule has 7 aromatic rings. The summed E-state index contributed by atoms with van der Waals surface area (Å²) in [6.07, 6.45) is 9.03. The first-order chi connectivity index (χ1) is 23.0. The van der Waals surface area contributed by atoms with Crippen LogP contribution in [0.4, 0.5) is 0 Å². The third-order valence-corrected chi connectivity index (χ3v) is 9.22. The van der Waals surface area contributed by atoms with Crippen molar-refractivity contribution in [3.63, 3.8) is 0 Å². The van der Waals surface area contributed by atoms with Crippen LogP contribution in [-0.4, -0.2) is 19.3 Å². The van der Waals surface area contributed by atoms with Crippen molar-refractivity contribution in [1.82, 2.24) is 19.3 Å². The molecule has 0 aliphatic carbocycles. The summed E-state index contributed by atoms with van der Waals surface area (Å²) in [5.74, 6) is 2.47. The van der Waals surface area contributed by atoms with Gasteiger partial charge < -0.3 is 4.74 Å². The average Bonchev–Trinajstić information content (AvgIpc) is 3.59. The number of hydrogen-bond acceptors (Lipinski definition) is 3. The number of fused-ring (bicyclic) bond motifs is 3. The molecule has 7 rings (SSSR count). The Hall–Kier alpha value is -5.16. The lowest BCUT2D eigenvalue weighted by molar-refractivity contribution is 0.482. The van der Waals surface area contributed by atoms with E-state index in [2.05, 4.69) is 117 Å². The molecule has 0 fully saturated rings. The van der Waals surface area contributed by atoms with Gasteiger partial charge in [-0.15, -0.1) is 0 Å². The number of aryl methyl sites for hydroxylation is 3. The summed E-state index contributed by atoms with van der Waals surface area (Å²) < 4.78 is 10.9. The van der Waals surface area contributed by atoms with Crippen LogP contribution in [0.25, 0.3) is 44.4 Å². The highest BCUT2D eigenvalue weighted by Gasteiger charge is 2.17. The van der Waals surface area contributed by atoms with Gasteiger partial charge in [0.1, 0.15) is 17.3 Å². The van der Waals surface area contributed by atoms with E-state index >= 15 is 0 Å². The summed E-state index contributed by atoms with van der Waals surface area (Å²) in [5, 5.41) is 7.37. The Morgan fingerprint density at radius 2 is 1.53 bits per heavy atom. The van der Waals surface area contributed by atoms with Crippen LogP contribution in [0.15, 0.2) is 109 Å². The molecule has 4 aromatic carbocycles. The molecule has 0 amide bonds. The molecule has 3 aromatic heterocycles. The monoisotopic (exact) mass is 618 g/mol. The van der Waals surface area contributed by atoms with Crippen LogP contribution in [0.5, 0.6) is 11.5 Å². The van der Waals surface area contributed by atoms with E-state index in [9.17, 15) is 0 Å². The SMILES string of the molecule is CCCCCCc1ccc2c(c1)c1ccc(Oc3cccc(-n4nc(C)c(-c5ccccc5)c4C)c3)cc1n2-c1cc(CC)ccn1. The van der Waals surface area contributed by atoms with Gasteiger partial charge in [-0.1, -0.05) is 75.6 Å². The predicted octanol–water partition coefficient (Wildman–Crippen LogP) is 11.1. The lowest BCUT2D eigenvalue weighted by atomic mass is 10.0. The molecule has 0 radical (unpaired) electrons. The second-order valence-corrected chi connectivity index (χ2v) is 12.5. The van der Waals surface area contributed by atoms with Crippen LogP contribution in [-0.2, 0) is 12.8 Å². The Morgan fingerprint density at radius 1 is 0.681 bits per heavy atom. The number of ether oxygens (including phenoxy) is 1. The van der Waals surface area contributed by atoms with Gasteiger partial charge >= 0.3 is 0 Å². The van der Waals surface area contributed by atoms with Gasteiger partial charge in [-0.2, -0.15) is 5.10 Å². The molecule has 0 atom stereocenters. The summed E-state index contributed by atoms with van der Waals surface area (Å²) >= 11 is 0. The van der Waals surface area contributed by atoms with E-state index in [4.69, 9.17) is 14.8 Å². The molecule has 236 valence electrons. The molecular formula is C42H42N4O. The van der Waals surface area contributed by atoms with Crippen LogP contribution in [0.2, 0.25) is 0 Å². The third-order valence-electron chi connectivity index (χ3n) is 9.22. The maximum absolute atomic E-state index is 6.57. The first-order valence-electron chi connectivity index (χ1n) is 17.0. The Morgan fingerprint density at radius 3 is 2.36 bits per heavy atom. The summed E-state index contributed by atoms with van der Waals surface area (Å²) in [7, 11) is 0. The predicted molar refractivity (Wildman–Crippen MR) is 194 cm³/mol. The minimum atomic E-state index is 0.763. The van der Waals surface area contributed by atoms with E-state index in [1.165, 1.54) is 58.7 Å². The smallest absolute Gasteiger partial charge is 0.137 e. The van der Waals surface area contributed by atoms with Crippen molar-refractivity contribution >= 4 is 21.8 Å². The number of aromatic nitrogens is 4. The molecular weight excluding hydrogens is 576 g/mol. The van der Waals surface area contributed by atoms with E-state index in [1.54, 1.807) is 0 Å². The van der Waals surface area contributed by atoms with Gasteiger partial charge in [-0.25, -0.2) is 9.67 Å². The largest absolute Gasteiger partial charge is 0.457 e. The first-order valence-corrected chi connectivity index (χ1v) is 17.0. The first kappa shape index (κ1) is 30.5. The maximum Gasteiger partial charge on any atom is 0.137 e. The Labute approximate surface area is 277 Å². The molecule has 5 nitrogen and oxygen atoms in total. The van der Waals surface area contributed by atoms with Gasteiger partial charge in [-0.3, -0.25) is 4.57 Å². The lowest BCUT2D eigenvalue weighted by Crippen LogP contribution is -2.00. The molecule has 0 unspecified atom stereocenters. The van der Waals surface area contributed by atoms with Crippen LogP contribution >= 0.6 is 0 Å². The lowest BCUT2D eigenvalue weighted by Gasteiger charge is -2.11. The van der Waals surface area contributed by atoms with Gasteiger partial charge in [0.2, 0.25) is 0 Å². The van der Waals surface area contributed by atoms with Gasteiger partial charge in [0, 0.05) is 40.4 Å². The third kappa shape index (κ3) is 6.06. The normalized spacial score (nSPS) is 11.5. The molecule has 0 saturated carbocycles. The quantitative estimate of drug-likeness (QED) is 0.136. The highest BCUT2D eigenvalue weighted by molar-refractivity contribution is 6.09. The molecule has 0 aliphatic rings. The van der Waals surface area contributed by atoms with Crippen molar-refractivity contribution in [2.24, 2.45) is 0 Å². The van der Waals surface area contributed by atoms with Crippen molar-refractivity contribution in [3.05, 3.63) is 132 Å². The number of hydrogen-bond donors (Lipinski definition) is 0. The molecule has 0 saturated heterocycles. The van der Waals surface area contributed by atoms with Gasteiger partial charge in [0.15, 0.2) is 0 Å². The zero-order chi connectivity index (χ0) is 32.3. The second kappa shape index (κ2) is 13.3. The van der Waals surface area contributed by atoms with Crippen molar-refractivity contribution in [3.8, 4) is 34.1 Å². The fourth-order valence-corrected chi connectivity index (χ4v) is 6.80. The zero-order valence-electron chi connectivity index (χ0n) is 27.8. The van der Waals surface area contributed by atoms with Crippen LogP contribution in [0.3, 0.4) is 0 Å². The van der Waals surface area contributed by atoms with E-state index in [-0.39, 0.29) is 0 Å². The Kier molecular flexibility index (Phi) is 8.62. The van der Waals surface area contributed by atoms with E-state index < -0.39 is 0 Å². The van der Waals surface area contributed by atoms with Gasteiger partial charge in [-0.05, 0) is 98.3 Å². The highest BCUT2D eigenvalue weighted by Crippen LogP contribution is 2.36. The summed E-state index contributed by atoms with van der Waals surface area (Å²) in [6, 6.07) is 36.3. The zero-order valence-corrected chi connectivity index (χ0v) is 27.8. The second-order valence-electron chi connectivity index (χ2n) is 12.5. The molecule has 0 aliphatic heterocycles. The van der Waals surface area contributed by atoms with E-state index in [1.807, 2.05) is 29.1 Å². The number of nitrogens with zero attached hydrogens (tertiary/aromatic N) is 4. The number of rotatable bonds is 11. The fourth-order valence-electron chi connectivity index (χ4n) is 6.80. The van der Waals surface area contributed by atoms with Crippen LogP contribution < -0.4 is 4.74 Å². The van der Waals surface area contributed by atoms with Gasteiger partial charge in [0.05, 0.1) is 22.4 Å². The van der Waals surface area contributed by atoms with Gasteiger partial charge in [0.25, 0.3) is 0 Å². The molecule has 0 spiro atoms. The van der Waals surface area contributed by atoms with Crippen molar-refractivity contribution in [2.45, 2.75) is 66.2 Å². The summed E-state index contributed by atoms with van der Waals surface area (Å²) in [5.41, 5.74) is 10.3. The Balaban J connectivity index is 1.27. The summed E-state index contributed by atoms with van der Waals surface area (Å²) in [4.78, 5) is 4.83. The van der Waals surface area contributed by atoms with Crippen LogP contribution in [0, 0.1) is 13.8 Å². The number of unbranched alkanes of at least 4 members (excludes halogenated alkanes) is 3. The minimum Gasteiger partial charge on any atom is -0.457 e. The average molecular weight is 619 g/mol. The Bertz CT molecular complexity index is 2170. The highest BCUT2D eigenvalue weighted by atomic mass is 16.5. The van der Waals surface area contributed by atoms with Crippen molar-refractivity contribution in [1.29, 1.82) is 0 Å². The molecule has 5 heteroatoms. The molecule has 0 N–H and O–H groups in total. The standard InChI is InChI=1S/C42H42N4O/c1-5-7-8-10-14-32-19-22-39-38(25-32)37-21-20-36(28-40(37)45(39)41-26-31(6-2)23-24-43-41)47-35-18-13-17-34(27-35)46-30(4)42(29(3)44-46)33-15-11-9-12-16-33/h9,11-13,15-28H,5-8,10,14H2,1-4H3. The fraction of sp³-hybridized carbons (Fsp3) is 0.238. The van der Waals surface area contributed by atoms with Crippen molar-refractivity contribution < 1.29 is 4.74 Å².